The van der Waals surface area contributed by atoms with E-state index < -0.39 is 0 Å². The molecule has 4 heteroatoms. The maximum Gasteiger partial charge on any atom is 0.220 e. The van der Waals surface area contributed by atoms with Crippen molar-refractivity contribution in [2.75, 3.05) is 5.73 Å². The van der Waals surface area contributed by atoms with Gasteiger partial charge in [0.2, 0.25) is 5.95 Å². The van der Waals surface area contributed by atoms with Crippen LogP contribution in [-0.4, -0.2) is 9.97 Å². The second kappa shape index (κ2) is 2.92. The molecule has 0 spiro atoms. The molecule has 72 valence electrons. The fourth-order valence-corrected chi connectivity index (χ4v) is 3.25. The lowest BCUT2D eigenvalue weighted by Gasteiger charge is -2.09. The molecule has 2 heterocycles. The Morgan fingerprint density at radius 2 is 2.14 bits per heavy atom. The van der Waals surface area contributed by atoms with Gasteiger partial charge in [-0.05, 0) is 31.2 Å². The van der Waals surface area contributed by atoms with Crippen LogP contribution in [0.3, 0.4) is 0 Å². The molecule has 0 unspecified atom stereocenters. The molecule has 0 bridgehead atoms. The molecule has 1 aliphatic rings. The standard InChI is InChI=1S/C10H11N3S/c11-10-12-5-8-9(13-10)6-3-1-2-4-7(6)14-8/h5H,1-4H2,(H2,11,12,13). The first-order valence-corrected chi connectivity index (χ1v) is 5.69. The van der Waals surface area contributed by atoms with Crippen LogP contribution in [0.5, 0.6) is 0 Å². The highest BCUT2D eigenvalue weighted by Crippen LogP contribution is 2.34. The lowest BCUT2D eigenvalue weighted by atomic mass is 9.98. The highest BCUT2D eigenvalue weighted by Gasteiger charge is 2.16. The van der Waals surface area contributed by atoms with Crippen molar-refractivity contribution >= 4 is 27.5 Å². The Bertz CT molecular complexity index is 489. The molecule has 0 amide bonds. The third-order valence-electron chi connectivity index (χ3n) is 2.71. The third kappa shape index (κ3) is 1.10. The van der Waals surface area contributed by atoms with Crippen LogP contribution < -0.4 is 5.73 Å². The largest absolute Gasteiger partial charge is 0.368 e. The quantitative estimate of drug-likeness (QED) is 0.717. The van der Waals surface area contributed by atoms with E-state index >= 15 is 0 Å². The second-order valence-corrected chi connectivity index (χ2v) is 4.79. The summed E-state index contributed by atoms with van der Waals surface area (Å²) in [6.07, 6.45) is 6.80. The van der Waals surface area contributed by atoms with E-state index in [1.165, 1.54) is 34.4 Å². The maximum atomic E-state index is 5.60. The minimum Gasteiger partial charge on any atom is -0.368 e. The maximum absolute atomic E-state index is 5.60. The van der Waals surface area contributed by atoms with Gasteiger partial charge in [0.05, 0.1) is 16.4 Å². The Labute approximate surface area is 86.0 Å². The average molecular weight is 205 g/mol. The number of rotatable bonds is 0. The summed E-state index contributed by atoms with van der Waals surface area (Å²) in [5.41, 5.74) is 8.11. The van der Waals surface area contributed by atoms with Gasteiger partial charge >= 0.3 is 0 Å². The number of nitrogens with two attached hydrogens (primary N) is 1. The molecule has 0 radical (unpaired) electrons. The summed E-state index contributed by atoms with van der Waals surface area (Å²) in [6, 6.07) is 0. The van der Waals surface area contributed by atoms with E-state index in [-0.39, 0.29) is 0 Å². The molecule has 2 N–H and O–H groups in total. The molecule has 0 aliphatic heterocycles. The summed E-state index contributed by atoms with van der Waals surface area (Å²) in [5, 5.41) is 0. The van der Waals surface area contributed by atoms with E-state index in [2.05, 4.69) is 9.97 Å². The van der Waals surface area contributed by atoms with Crippen LogP contribution >= 0.6 is 11.3 Å². The predicted molar refractivity (Wildman–Crippen MR) is 58.5 cm³/mol. The van der Waals surface area contributed by atoms with E-state index in [9.17, 15) is 0 Å². The lowest BCUT2D eigenvalue weighted by molar-refractivity contribution is 0.699. The highest BCUT2D eigenvalue weighted by atomic mass is 32.1. The van der Waals surface area contributed by atoms with Crippen molar-refractivity contribution < 1.29 is 0 Å². The average Bonchev–Trinajstić information content (AvgIpc) is 2.56. The molecular weight excluding hydrogens is 194 g/mol. The van der Waals surface area contributed by atoms with Crippen molar-refractivity contribution in [3.63, 3.8) is 0 Å². The topological polar surface area (TPSA) is 51.8 Å². The Morgan fingerprint density at radius 3 is 3.07 bits per heavy atom. The monoisotopic (exact) mass is 205 g/mol. The molecule has 14 heavy (non-hydrogen) atoms. The van der Waals surface area contributed by atoms with Gasteiger partial charge in [-0.3, -0.25) is 0 Å². The molecule has 2 aromatic rings. The number of hydrogen-bond acceptors (Lipinski definition) is 4. The van der Waals surface area contributed by atoms with Crippen LogP contribution in [0.2, 0.25) is 0 Å². The number of fused-ring (bicyclic) bond motifs is 3. The van der Waals surface area contributed by atoms with Crippen molar-refractivity contribution in [3.05, 3.63) is 16.6 Å². The van der Waals surface area contributed by atoms with E-state index in [0.717, 1.165) is 11.9 Å². The molecule has 3 rings (SSSR count). The molecular formula is C10H11N3S. The van der Waals surface area contributed by atoms with Crippen molar-refractivity contribution in [1.82, 2.24) is 9.97 Å². The van der Waals surface area contributed by atoms with Crippen LogP contribution in [0, 0.1) is 0 Å². The van der Waals surface area contributed by atoms with E-state index in [1.807, 2.05) is 17.5 Å². The summed E-state index contributed by atoms with van der Waals surface area (Å²) in [6.45, 7) is 0. The van der Waals surface area contributed by atoms with Crippen LogP contribution in [0.1, 0.15) is 23.3 Å². The van der Waals surface area contributed by atoms with Gasteiger partial charge in [-0.2, -0.15) is 0 Å². The first kappa shape index (κ1) is 8.17. The number of hydrogen-bond donors (Lipinski definition) is 1. The Hall–Kier alpha value is -1.16. The third-order valence-corrected chi connectivity index (χ3v) is 3.93. The first-order valence-electron chi connectivity index (χ1n) is 4.87. The SMILES string of the molecule is Nc1ncc2sc3c(c2n1)CCCC3. The zero-order valence-corrected chi connectivity index (χ0v) is 8.60. The van der Waals surface area contributed by atoms with Crippen LogP contribution in [0.15, 0.2) is 6.20 Å². The van der Waals surface area contributed by atoms with Gasteiger partial charge in [0.25, 0.3) is 0 Å². The molecule has 0 saturated carbocycles. The van der Waals surface area contributed by atoms with Crippen molar-refractivity contribution in [3.8, 4) is 0 Å². The number of anilines is 1. The zero-order valence-electron chi connectivity index (χ0n) is 7.79. The predicted octanol–water partition coefficient (Wildman–Crippen LogP) is 2.15. The smallest absolute Gasteiger partial charge is 0.220 e. The molecule has 2 aromatic heterocycles. The summed E-state index contributed by atoms with van der Waals surface area (Å²) in [4.78, 5) is 9.85. The fourth-order valence-electron chi connectivity index (χ4n) is 2.05. The lowest BCUT2D eigenvalue weighted by Crippen LogP contribution is -1.99. The van der Waals surface area contributed by atoms with Gasteiger partial charge < -0.3 is 5.73 Å². The van der Waals surface area contributed by atoms with Gasteiger partial charge in [0.15, 0.2) is 0 Å². The number of aromatic nitrogens is 2. The van der Waals surface area contributed by atoms with Crippen molar-refractivity contribution in [2.24, 2.45) is 0 Å². The molecule has 1 aliphatic carbocycles. The van der Waals surface area contributed by atoms with E-state index in [1.54, 1.807) is 0 Å². The number of thiophene rings is 1. The molecule has 0 fully saturated rings. The number of aryl methyl sites for hydroxylation is 2. The fraction of sp³-hybridized carbons (Fsp3) is 0.400. The Morgan fingerprint density at radius 1 is 1.29 bits per heavy atom. The first-order chi connectivity index (χ1) is 6.84. The normalized spacial score (nSPS) is 15.7. The molecule has 0 saturated heterocycles. The Kier molecular flexibility index (Phi) is 1.70. The minimum atomic E-state index is 0.392. The van der Waals surface area contributed by atoms with Gasteiger partial charge in [-0.25, -0.2) is 9.97 Å². The van der Waals surface area contributed by atoms with Gasteiger partial charge in [-0.15, -0.1) is 11.3 Å². The van der Waals surface area contributed by atoms with Crippen LogP contribution in [0.25, 0.3) is 10.2 Å². The van der Waals surface area contributed by atoms with Crippen molar-refractivity contribution in [2.45, 2.75) is 25.7 Å². The van der Waals surface area contributed by atoms with Gasteiger partial charge in [0, 0.05) is 4.88 Å². The summed E-state index contributed by atoms with van der Waals surface area (Å²) in [5.74, 6) is 0.392. The highest BCUT2D eigenvalue weighted by molar-refractivity contribution is 7.19. The van der Waals surface area contributed by atoms with E-state index in [4.69, 9.17) is 5.73 Å². The summed E-state index contributed by atoms with van der Waals surface area (Å²) >= 11 is 1.83. The summed E-state index contributed by atoms with van der Waals surface area (Å²) in [7, 11) is 0. The van der Waals surface area contributed by atoms with Crippen LogP contribution in [-0.2, 0) is 12.8 Å². The van der Waals surface area contributed by atoms with Gasteiger partial charge in [0.1, 0.15) is 0 Å². The Balaban J connectivity index is 2.32. The van der Waals surface area contributed by atoms with E-state index in [0.29, 0.717) is 5.95 Å². The van der Waals surface area contributed by atoms with Crippen molar-refractivity contribution in [1.29, 1.82) is 0 Å². The minimum absolute atomic E-state index is 0.392. The van der Waals surface area contributed by atoms with Crippen LogP contribution in [0.4, 0.5) is 5.95 Å². The molecule has 0 aromatic carbocycles. The molecule has 0 atom stereocenters. The molecule has 3 nitrogen and oxygen atoms in total. The summed E-state index contributed by atoms with van der Waals surface area (Å²) < 4.78 is 1.19. The zero-order chi connectivity index (χ0) is 9.54. The number of nitrogen functional groups attached to an aromatic ring is 1. The number of nitrogens with zero attached hydrogens (tertiary/aromatic N) is 2. The second-order valence-electron chi connectivity index (χ2n) is 3.65. The van der Waals surface area contributed by atoms with Gasteiger partial charge in [-0.1, -0.05) is 0 Å².